The van der Waals surface area contributed by atoms with Gasteiger partial charge in [-0.05, 0) is 48.1 Å². The summed E-state index contributed by atoms with van der Waals surface area (Å²) in [6.45, 7) is 6.03. The number of hydrogen-bond acceptors (Lipinski definition) is 3. The molecule has 2 aromatic rings. The molecule has 156 valence electrons. The number of carbonyl (C=O) groups is 2. The summed E-state index contributed by atoms with van der Waals surface area (Å²) in [6, 6.07) is 12.3. The van der Waals surface area contributed by atoms with E-state index in [1.165, 1.54) is 0 Å². The molecule has 1 saturated heterocycles. The number of pyridine rings is 1. The molecule has 1 aliphatic carbocycles. The molecule has 2 heterocycles. The monoisotopic (exact) mass is 403 g/mol. The fourth-order valence-electron chi connectivity index (χ4n) is 4.31. The third kappa shape index (κ3) is 4.45. The van der Waals surface area contributed by atoms with Gasteiger partial charge >= 0.3 is 0 Å². The fraction of sp³-hybridized carbons (Fsp3) is 0.400. The number of benzene rings is 1. The second-order valence-electron chi connectivity index (χ2n) is 8.32. The SMILES string of the molecule is C=CCN1CCN(C(=O)C2CCC2)C[C@@H](Cc2ccc(-c3ccncc3)cc2)C1=O. The van der Waals surface area contributed by atoms with Gasteiger partial charge in [-0.25, -0.2) is 0 Å². The molecule has 0 unspecified atom stereocenters. The molecule has 2 fully saturated rings. The lowest BCUT2D eigenvalue weighted by Gasteiger charge is -2.31. The van der Waals surface area contributed by atoms with E-state index in [1.807, 2.05) is 21.9 Å². The van der Waals surface area contributed by atoms with Crippen molar-refractivity contribution < 1.29 is 9.59 Å². The Bertz CT molecular complexity index is 890. The molecular weight excluding hydrogens is 374 g/mol. The van der Waals surface area contributed by atoms with E-state index in [0.717, 1.165) is 36.0 Å². The lowest BCUT2D eigenvalue weighted by Crippen LogP contribution is -2.42. The molecule has 1 aliphatic heterocycles. The number of aromatic nitrogens is 1. The van der Waals surface area contributed by atoms with Crippen LogP contribution in [0.25, 0.3) is 11.1 Å². The zero-order valence-electron chi connectivity index (χ0n) is 17.4. The second-order valence-corrected chi connectivity index (χ2v) is 8.32. The molecule has 0 radical (unpaired) electrons. The van der Waals surface area contributed by atoms with Crippen LogP contribution in [0.4, 0.5) is 0 Å². The number of carbonyl (C=O) groups excluding carboxylic acids is 2. The first-order valence-electron chi connectivity index (χ1n) is 10.8. The highest BCUT2D eigenvalue weighted by atomic mass is 16.2. The van der Waals surface area contributed by atoms with Gasteiger partial charge in [-0.3, -0.25) is 14.6 Å². The molecule has 1 saturated carbocycles. The predicted molar refractivity (Wildman–Crippen MR) is 118 cm³/mol. The molecule has 2 aliphatic rings. The molecule has 0 bridgehead atoms. The fourth-order valence-corrected chi connectivity index (χ4v) is 4.31. The van der Waals surface area contributed by atoms with Crippen LogP contribution in [0.5, 0.6) is 0 Å². The third-order valence-corrected chi connectivity index (χ3v) is 6.31. The smallest absolute Gasteiger partial charge is 0.228 e. The van der Waals surface area contributed by atoms with Crippen LogP contribution in [0.2, 0.25) is 0 Å². The van der Waals surface area contributed by atoms with E-state index in [1.54, 1.807) is 18.5 Å². The Balaban J connectivity index is 1.50. The summed E-state index contributed by atoms with van der Waals surface area (Å²) in [7, 11) is 0. The quantitative estimate of drug-likeness (QED) is 0.693. The first-order valence-corrected chi connectivity index (χ1v) is 10.8. The number of rotatable bonds is 6. The van der Waals surface area contributed by atoms with Crippen molar-refractivity contribution >= 4 is 11.8 Å². The predicted octanol–water partition coefficient (Wildman–Crippen LogP) is 3.56. The molecule has 1 aromatic heterocycles. The maximum absolute atomic E-state index is 13.2. The molecule has 2 amide bonds. The van der Waals surface area contributed by atoms with Crippen molar-refractivity contribution in [3.63, 3.8) is 0 Å². The van der Waals surface area contributed by atoms with Crippen LogP contribution in [0.15, 0.2) is 61.4 Å². The van der Waals surface area contributed by atoms with Gasteiger partial charge in [-0.2, -0.15) is 0 Å². The molecule has 1 atom stereocenters. The van der Waals surface area contributed by atoms with Gasteiger partial charge in [-0.1, -0.05) is 36.8 Å². The molecule has 4 rings (SSSR count). The van der Waals surface area contributed by atoms with Gasteiger partial charge in [0.05, 0.1) is 5.92 Å². The minimum absolute atomic E-state index is 0.122. The standard InChI is InChI=1S/C25H29N3O2/c1-2-14-27-15-16-28(24(29)22-4-3-5-22)18-23(25(27)30)17-19-6-8-20(9-7-19)21-10-12-26-13-11-21/h2,6-13,22-23H,1,3-5,14-18H2/t23-/m1/s1. The highest BCUT2D eigenvalue weighted by Crippen LogP contribution is 2.29. The highest BCUT2D eigenvalue weighted by molar-refractivity contribution is 5.83. The molecule has 0 N–H and O–H groups in total. The third-order valence-electron chi connectivity index (χ3n) is 6.31. The zero-order valence-corrected chi connectivity index (χ0v) is 17.4. The average Bonchev–Trinajstić information content (AvgIpc) is 2.88. The number of hydrogen-bond donors (Lipinski definition) is 0. The lowest BCUT2D eigenvalue weighted by molar-refractivity contribution is -0.138. The Morgan fingerprint density at radius 2 is 1.77 bits per heavy atom. The minimum Gasteiger partial charge on any atom is -0.340 e. The first kappa shape index (κ1) is 20.3. The summed E-state index contributed by atoms with van der Waals surface area (Å²) in [4.78, 5) is 33.9. The summed E-state index contributed by atoms with van der Waals surface area (Å²) in [5.74, 6) is 0.291. The van der Waals surface area contributed by atoms with E-state index in [0.29, 0.717) is 32.6 Å². The normalized spacial score (nSPS) is 19.9. The van der Waals surface area contributed by atoms with Crippen molar-refractivity contribution in [2.45, 2.75) is 25.7 Å². The second kappa shape index (κ2) is 9.24. The maximum Gasteiger partial charge on any atom is 0.228 e. The Morgan fingerprint density at radius 3 is 2.40 bits per heavy atom. The van der Waals surface area contributed by atoms with E-state index < -0.39 is 0 Å². The van der Waals surface area contributed by atoms with Crippen LogP contribution < -0.4 is 0 Å². The summed E-state index contributed by atoms with van der Waals surface area (Å²) >= 11 is 0. The van der Waals surface area contributed by atoms with E-state index in [4.69, 9.17) is 0 Å². The van der Waals surface area contributed by atoms with Crippen molar-refractivity contribution in [1.82, 2.24) is 14.8 Å². The summed E-state index contributed by atoms with van der Waals surface area (Å²) in [6.07, 6.45) is 9.09. The van der Waals surface area contributed by atoms with Gasteiger partial charge in [0, 0.05) is 44.5 Å². The Morgan fingerprint density at radius 1 is 1.07 bits per heavy atom. The van der Waals surface area contributed by atoms with E-state index in [-0.39, 0.29) is 23.7 Å². The van der Waals surface area contributed by atoms with E-state index in [2.05, 4.69) is 35.8 Å². The van der Waals surface area contributed by atoms with Crippen LogP contribution in [0.3, 0.4) is 0 Å². The zero-order chi connectivity index (χ0) is 20.9. The van der Waals surface area contributed by atoms with Crippen molar-refractivity contribution in [3.8, 4) is 11.1 Å². The van der Waals surface area contributed by atoms with Crippen LogP contribution in [-0.4, -0.2) is 52.8 Å². The van der Waals surface area contributed by atoms with Crippen LogP contribution in [0, 0.1) is 11.8 Å². The van der Waals surface area contributed by atoms with Gasteiger partial charge in [0.15, 0.2) is 0 Å². The van der Waals surface area contributed by atoms with Gasteiger partial charge < -0.3 is 9.80 Å². The Kier molecular flexibility index (Phi) is 6.26. The summed E-state index contributed by atoms with van der Waals surface area (Å²) in [5, 5.41) is 0. The van der Waals surface area contributed by atoms with Crippen molar-refractivity contribution in [3.05, 3.63) is 67.0 Å². The Hall–Kier alpha value is -2.95. The average molecular weight is 404 g/mol. The molecule has 5 nitrogen and oxygen atoms in total. The minimum atomic E-state index is -0.219. The largest absolute Gasteiger partial charge is 0.340 e. The number of nitrogens with zero attached hydrogens (tertiary/aromatic N) is 3. The maximum atomic E-state index is 13.2. The van der Waals surface area contributed by atoms with Crippen molar-refractivity contribution in [2.24, 2.45) is 11.8 Å². The van der Waals surface area contributed by atoms with Gasteiger partial charge in [0.25, 0.3) is 0 Å². The van der Waals surface area contributed by atoms with E-state index in [9.17, 15) is 9.59 Å². The Labute approximate surface area is 178 Å². The van der Waals surface area contributed by atoms with Crippen molar-refractivity contribution in [1.29, 1.82) is 0 Å². The highest BCUT2D eigenvalue weighted by Gasteiger charge is 2.35. The molecular formula is C25H29N3O2. The van der Waals surface area contributed by atoms with Gasteiger partial charge in [0.2, 0.25) is 11.8 Å². The molecule has 1 aromatic carbocycles. The van der Waals surface area contributed by atoms with Gasteiger partial charge in [0.1, 0.15) is 0 Å². The van der Waals surface area contributed by atoms with Crippen LogP contribution in [0.1, 0.15) is 24.8 Å². The molecule has 5 heteroatoms. The topological polar surface area (TPSA) is 53.5 Å². The lowest BCUT2D eigenvalue weighted by atomic mass is 9.84. The van der Waals surface area contributed by atoms with Crippen LogP contribution in [-0.2, 0) is 16.0 Å². The first-order chi connectivity index (χ1) is 14.7. The number of amides is 2. The van der Waals surface area contributed by atoms with Crippen molar-refractivity contribution in [2.75, 3.05) is 26.2 Å². The summed E-state index contributed by atoms with van der Waals surface area (Å²) in [5.41, 5.74) is 3.36. The molecule has 0 spiro atoms. The van der Waals surface area contributed by atoms with Crippen LogP contribution >= 0.6 is 0 Å². The van der Waals surface area contributed by atoms with E-state index >= 15 is 0 Å². The summed E-state index contributed by atoms with van der Waals surface area (Å²) < 4.78 is 0. The van der Waals surface area contributed by atoms with Gasteiger partial charge in [-0.15, -0.1) is 6.58 Å². The molecule has 30 heavy (non-hydrogen) atoms.